The molecule has 3 heteroatoms. The van der Waals surface area contributed by atoms with Crippen LogP contribution in [0.15, 0.2) is 17.0 Å². The SMILES string of the molecule is c1scc2c1Cc1cn[nH]c1-2. The lowest BCUT2D eigenvalue weighted by molar-refractivity contribution is 1.09. The monoisotopic (exact) mass is 162 g/mol. The molecule has 0 saturated carbocycles. The Kier molecular flexibility index (Phi) is 0.876. The molecule has 0 aliphatic heterocycles. The summed E-state index contributed by atoms with van der Waals surface area (Å²) in [6, 6.07) is 0. The molecule has 0 aromatic carbocycles. The third kappa shape index (κ3) is 0.587. The lowest BCUT2D eigenvalue weighted by Crippen LogP contribution is -1.73. The zero-order valence-corrected chi connectivity index (χ0v) is 6.61. The number of hydrogen-bond donors (Lipinski definition) is 1. The minimum Gasteiger partial charge on any atom is -0.278 e. The zero-order chi connectivity index (χ0) is 7.26. The average Bonchev–Trinajstić information content (AvgIpc) is 2.52. The third-order valence-corrected chi connectivity index (χ3v) is 2.90. The standard InChI is InChI=1S/C8H6N2S/c1-5-2-9-10-8(5)7-4-11-3-6(1)7/h2-4H,1H2,(H,9,10). The molecule has 0 saturated heterocycles. The molecule has 0 spiro atoms. The first-order chi connectivity index (χ1) is 5.45. The summed E-state index contributed by atoms with van der Waals surface area (Å²) >= 11 is 1.76. The number of thiophene rings is 1. The second-order valence-corrected chi connectivity index (χ2v) is 3.50. The number of hydrogen-bond acceptors (Lipinski definition) is 2. The van der Waals surface area contributed by atoms with Crippen LogP contribution in [0.1, 0.15) is 11.1 Å². The van der Waals surface area contributed by atoms with Gasteiger partial charge in [0.05, 0.1) is 11.9 Å². The molecule has 54 valence electrons. The minimum atomic E-state index is 1.06. The average molecular weight is 162 g/mol. The molecular weight excluding hydrogens is 156 g/mol. The summed E-state index contributed by atoms with van der Waals surface area (Å²) < 4.78 is 0. The number of aromatic amines is 1. The molecule has 1 N–H and O–H groups in total. The van der Waals surface area contributed by atoms with Gasteiger partial charge < -0.3 is 0 Å². The highest BCUT2D eigenvalue weighted by Gasteiger charge is 2.20. The van der Waals surface area contributed by atoms with Crippen LogP contribution in [0.2, 0.25) is 0 Å². The van der Waals surface area contributed by atoms with Gasteiger partial charge in [-0.25, -0.2) is 0 Å². The van der Waals surface area contributed by atoms with Gasteiger partial charge in [0.1, 0.15) is 0 Å². The van der Waals surface area contributed by atoms with Gasteiger partial charge in [0.15, 0.2) is 0 Å². The van der Waals surface area contributed by atoms with E-state index in [1.807, 2.05) is 6.20 Å². The summed E-state index contributed by atoms with van der Waals surface area (Å²) in [4.78, 5) is 0. The van der Waals surface area contributed by atoms with Crippen LogP contribution < -0.4 is 0 Å². The number of fused-ring (bicyclic) bond motifs is 3. The first-order valence-corrected chi connectivity index (χ1v) is 4.47. The van der Waals surface area contributed by atoms with E-state index in [9.17, 15) is 0 Å². The second kappa shape index (κ2) is 1.74. The molecule has 0 fully saturated rings. The lowest BCUT2D eigenvalue weighted by atomic mass is 10.2. The van der Waals surface area contributed by atoms with E-state index in [4.69, 9.17) is 0 Å². The Balaban J connectivity index is 2.38. The molecule has 0 unspecified atom stereocenters. The summed E-state index contributed by atoms with van der Waals surface area (Å²) in [5, 5.41) is 11.4. The van der Waals surface area contributed by atoms with Gasteiger partial charge in [-0.1, -0.05) is 0 Å². The van der Waals surface area contributed by atoms with Crippen molar-refractivity contribution in [3.63, 3.8) is 0 Å². The minimum absolute atomic E-state index is 1.06. The van der Waals surface area contributed by atoms with Crippen LogP contribution in [0.4, 0.5) is 0 Å². The largest absolute Gasteiger partial charge is 0.278 e. The van der Waals surface area contributed by atoms with Gasteiger partial charge in [-0.2, -0.15) is 16.4 Å². The Labute approximate surface area is 67.9 Å². The van der Waals surface area contributed by atoms with Gasteiger partial charge in [-0.3, -0.25) is 5.10 Å². The number of H-pyrrole nitrogens is 1. The predicted octanol–water partition coefficient (Wildman–Crippen LogP) is 2.04. The summed E-state index contributed by atoms with van der Waals surface area (Å²) in [5.74, 6) is 0. The van der Waals surface area contributed by atoms with Crippen molar-refractivity contribution in [3.05, 3.63) is 28.1 Å². The summed E-state index contributed by atoms with van der Waals surface area (Å²) in [7, 11) is 0. The number of aromatic nitrogens is 2. The number of nitrogens with zero attached hydrogens (tertiary/aromatic N) is 1. The Morgan fingerprint density at radius 3 is 3.36 bits per heavy atom. The van der Waals surface area contributed by atoms with Crippen LogP contribution in [0.5, 0.6) is 0 Å². The second-order valence-electron chi connectivity index (χ2n) is 2.76. The molecule has 2 aromatic rings. The van der Waals surface area contributed by atoms with E-state index < -0.39 is 0 Å². The van der Waals surface area contributed by atoms with Crippen molar-refractivity contribution in [2.75, 3.05) is 0 Å². The first kappa shape index (κ1) is 5.55. The highest BCUT2D eigenvalue weighted by molar-refractivity contribution is 7.08. The zero-order valence-electron chi connectivity index (χ0n) is 5.79. The normalized spacial score (nSPS) is 13.1. The third-order valence-electron chi connectivity index (χ3n) is 2.11. The Morgan fingerprint density at radius 1 is 1.36 bits per heavy atom. The summed E-state index contributed by atoms with van der Waals surface area (Å²) in [6.45, 7) is 0. The van der Waals surface area contributed by atoms with Crippen LogP contribution in [-0.2, 0) is 6.42 Å². The van der Waals surface area contributed by atoms with Crippen molar-refractivity contribution in [2.24, 2.45) is 0 Å². The number of rotatable bonds is 0. The maximum atomic E-state index is 4.00. The highest BCUT2D eigenvalue weighted by atomic mass is 32.1. The van der Waals surface area contributed by atoms with Crippen molar-refractivity contribution in [2.45, 2.75) is 6.42 Å². The Hall–Kier alpha value is -1.09. The van der Waals surface area contributed by atoms with Crippen LogP contribution in [0.3, 0.4) is 0 Å². The first-order valence-electron chi connectivity index (χ1n) is 3.53. The molecule has 11 heavy (non-hydrogen) atoms. The highest BCUT2D eigenvalue weighted by Crippen LogP contribution is 2.36. The fourth-order valence-corrected chi connectivity index (χ4v) is 2.41. The van der Waals surface area contributed by atoms with Crippen molar-refractivity contribution >= 4 is 11.3 Å². The van der Waals surface area contributed by atoms with E-state index in [1.54, 1.807) is 11.3 Å². The molecule has 2 aromatic heterocycles. The molecule has 0 amide bonds. The van der Waals surface area contributed by atoms with Crippen molar-refractivity contribution in [3.8, 4) is 11.3 Å². The lowest BCUT2D eigenvalue weighted by Gasteiger charge is -1.85. The van der Waals surface area contributed by atoms with Gasteiger partial charge in [0.25, 0.3) is 0 Å². The van der Waals surface area contributed by atoms with Crippen molar-refractivity contribution in [1.82, 2.24) is 10.2 Å². The topological polar surface area (TPSA) is 28.7 Å². The van der Waals surface area contributed by atoms with E-state index in [0.29, 0.717) is 0 Å². The molecule has 3 rings (SSSR count). The molecule has 2 heterocycles. The molecule has 1 aliphatic rings. The van der Waals surface area contributed by atoms with Gasteiger partial charge in [-0.15, -0.1) is 0 Å². The predicted molar refractivity (Wildman–Crippen MR) is 44.7 cm³/mol. The van der Waals surface area contributed by atoms with E-state index in [2.05, 4.69) is 21.0 Å². The smallest absolute Gasteiger partial charge is 0.0696 e. The van der Waals surface area contributed by atoms with Crippen molar-refractivity contribution < 1.29 is 0 Å². The van der Waals surface area contributed by atoms with E-state index in [1.165, 1.54) is 22.4 Å². The van der Waals surface area contributed by atoms with Gasteiger partial charge >= 0.3 is 0 Å². The fourth-order valence-electron chi connectivity index (χ4n) is 1.56. The van der Waals surface area contributed by atoms with Crippen LogP contribution in [-0.4, -0.2) is 10.2 Å². The maximum absolute atomic E-state index is 4.00. The van der Waals surface area contributed by atoms with Crippen molar-refractivity contribution in [1.29, 1.82) is 0 Å². The quantitative estimate of drug-likeness (QED) is 0.538. The molecule has 0 atom stereocenters. The Bertz CT molecular complexity index is 361. The summed E-state index contributed by atoms with van der Waals surface area (Å²) in [5.41, 5.74) is 5.35. The van der Waals surface area contributed by atoms with E-state index in [0.717, 1.165) is 6.42 Å². The Morgan fingerprint density at radius 2 is 2.36 bits per heavy atom. The number of nitrogens with one attached hydrogen (secondary N) is 1. The van der Waals surface area contributed by atoms with Crippen LogP contribution >= 0.6 is 11.3 Å². The van der Waals surface area contributed by atoms with Gasteiger partial charge in [-0.05, 0) is 10.9 Å². The summed E-state index contributed by atoms with van der Waals surface area (Å²) in [6.07, 6.45) is 2.98. The van der Waals surface area contributed by atoms with E-state index in [-0.39, 0.29) is 0 Å². The van der Waals surface area contributed by atoms with E-state index >= 15 is 0 Å². The van der Waals surface area contributed by atoms with Gasteiger partial charge in [0.2, 0.25) is 0 Å². The molecular formula is C8H6N2S. The maximum Gasteiger partial charge on any atom is 0.0696 e. The molecule has 0 bridgehead atoms. The molecule has 0 radical (unpaired) electrons. The molecule has 2 nitrogen and oxygen atoms in total. The van der Waals surface area contributed by atoms with Gasteiger partial charge in [0, 0.05) is 22.9 Å². The van der Waals surface area contributed by atoms with Crippen LogP contribution in [0.25, 0.3) is 11.3 Å². The fraction of sp³-hybridized carbons (Fsp3) is 0.125. The van der Waals surface area contributed by atoms with Crippen LogP contribution in [0, 0.1) is 0 Å². The molecule has 1 aliphatic carbocycles.